The summed E-state index contributed by atoms with van der Waals surface area (Å²) in [6.07, 6.45) is 4.35. The number of aromatic nitrogens is 5. The Kier molecular flexibility index (Phi) is 3.90. The zero-order chi connectivity index (χ0) is 18.1. The van der Waals surface area contributed by atoms with E-state index in [1.165, 1.54) is 0 Å². The minimum Gasteiger partial charge on any atom is -0.395 e. The molecule has 0 spiro atoms. The number of hydrazine groups is 1. The Bertz CT molecular complexity index is 1060. The quantitative estimate of drug-likeness (QED) is 0.269. The SMILES string of the molecule is NNc1nc(N)cc(Cc2cnn(Cc3n[nH]c4ccccc34)c2)c1N. The van der Waals surface area contributed by atoms with Crippen molar-refractivity contribution >= 4 is 28.2 Å². The van der Waals surface area contributed by atoms with Crippen molar-refractivity contribution in [2.45, 2.75) is 13.0 Å². The van der Waals surface area contributed by atoms with E-state index in [0.29, 0.717) is 30.3 Å². The second-order valence-electron chi connectivity index (χ2n) is 6.05. The van der Waals surface area contributed by atoms with Crippen molar-refractivity contribution < 1.29 is 0 Å². The lowest BCUT2D eigenvalue weighted by molar-refractivity contribution is 0.673. The van der Waals surface area contributed by atoms with Gasteiger partial charge in [-0.05, 0) is 23.3 Å². The summed E-state index contributed by atoms with van der Waals surface area (Å²) in [6.45, 7) is 0.577. The Morgan fingerprint density at radius 2 is 2.04 bits per heavy atom. The van der Waals surface area contributed by atoms with Crippen LogP contribution >= 0.6 is 0 Å². The van der Waals surface area contributed by atoms with Crippen LogP contribution in [0.1, 0.15) is 16.8 Å². The summed E-state index contributed by atoms with van der Waals surface area (Å²) in [5.41, 5.74) is 18.6. The highest BCUT2D eigenvalue weighted by atomic mass is 15.3. The molecular weight excluding hydrogens is 330 g/mol. The molecule has 1 aromatic carbocycles. The molecule has 8 N–H and O–H groups in total. The van der Waals surface area contributed by atoms with E-state index in [-0.39, 0.29) is 0 Å². The fraction of sp³-hybridized carbons (Fsp3) is 0.118. The molecule has 9 heteroatoms. The third-order valence-electron chi connectivity index (χ3n) is 4.24. The van der Waals surface area contributed by atoms with E-state index < -0.39 is 0 Å². The van der Waals surface area contributed by atoms with Crippen LogP contribution in [0.4, 0.5) is 17.3 Å². The largest absolute Gasteiger partial charge is 0.395 e. The number of hydrogen-bond donors (Lipinski definition) is 5. The first-order valence-corrected chi connectivity index (χ1v) is 8.09. The van der Waals surface area contributed by atoms with Gasteiger partial charge in [0.05, 0.1) is 29.6 Å². The lowest BCUT2D eigenvalue weighted by atomic mass is 10.1. The molecule has 0 amide bonds. The number of hydrogen-bond acceptors (Lipinski definition) is 7. The fourth-order valence-electron chi connectivity index (χ4n) is 2.98. The highest BCUT2D eigenvalue weighted by Crippen LogP contribution is 2.25. The van der Waals surface area contributed by atoms with Crippen LogP contribution in [0.25, 0.3) is 10.9 Å². The number of nitrogen functional groups attached to an aromatic ring is 3. The molecule has 0 radical (unpaired) electrons. The summed E-state index contributed by atoms with van der Waals surface area (Å²) < 4.78 is 1.85. The molecule has 0 saturated heterocycles. The number of anilines is 3. The molecule has 132 valence electrons. The number of nitrogens with two attached hydrogens (primary N) is 3. The molecular formula is C17H19N9. The van der Waals surface area contributed by atoms with Crippen LogP contribution in [-0.4, -0.2) is 25.0 Å². The van der Waals surface area contributed by atoms with Gasteiger partial charge in [0, 0.05) is 18.0 Å². The van der Waals surface area contributed by atoms with Crippen molar-refractivity contribution in [1.29, 1.82) is 0 Å². The van der Waals surface area contributed by atoms with Crippen LogP contribution in [-0.2, 0) is 13.0 Å². The van der Waals surface area contributed by atoms with E-state index in [9.17, 15) is 0 Å². The minimum atomic E-state index is 0.359. The first-order valence-electron chi connectivity index (χ1n) is 8.09. The van der Waals surface area contributed by atoms with Gasteiger partial charge in [0.25, 0.3) is 0 Å². The number of nitrogens with zero attached hydrogens (tertiary/aromatic N) is 4. The lowest BCUT2D eigenvalue weighted by Gasteiger charge is -2.10. The second-order valence-corrected chi connectivity index (χ2v) is 6.05. The molecule has 4 aromatic rings. The van der Waals surface area contributed by atoms with Gasteiger partial charge in [0.2, 0.25) is 0 Å². The Morgan fingerprint density at radius 3 is 2.88 bits per heavy atom. The molecule has 4 rings (SSSR count). The van der Waals surface area contributed by atoms with Crippen LogP contribution in [0.5, 0.6) is 0 Å². The van der Waals surface area contributed by atoms with Gasteiger partial charge in [0.15, 0.2) is 5.82 Å². The molecule has 0 saturated carbocycles. The predicted octanol–water partition coefficient (Wildman–Crippen LogP) is 1.24. The topological polar surface area (TPSA) is 149 Å². The van der Waals surface area contributed by atoms with Crippen LogP contribution < -0.4 is 22.7 Å². The molecule has 0 fully saturated rings. The maximum atomic E-state index is 6.09. The molecule has 0 unspecified atom stereocenters. The van der Waals surface area contributed by atoms with Crippen LogP contribution in [0.2, 0.25) is 0 Å². The van der Waals surface area contributed by atoms with E-state index in [4.69, 9.17) is 17.3 Å². The second kappa shape index (κ2) is 6.37. The average Bonchev–Trinajstić information content (AvgIpc) is 3.25. The Balaban J connectivity index is 1.56. The van der Waals surface area contributed by atoms with Crippen LogP contribution in [0, 0.1) is 0 Å². The van der Waals surface area contributed by atoms with Crippen molar-refractivity contribution in [3.05, 3.63) is 59.5 Å². The van der Waals surface area contributed by atoms with Gasteiger partial charge in [-0.15, -0.1) is 0 Å². The van der Waals surface area contributed by atoms with Crippen molar-refractivity contribution in [1.82, 2.24) is 25.0 Å². The monoisotopic (exact) mass is 349 g/mol. The average molecular weight is 349 g/mol. The summed E-state index contributed by atoms with van der Waals surface area (Å²) >= 11 is 0. The maximum Gasteiger partial charge on any atom is 0.165 e. The number of benzene rings is 1. The zero-order valence-corrected chi connectivity index (χ0v) is 14.0. The molecule has 26 heavy (non-hydrogen) atoms. The van der Waals surface area contributed by atoms with Gasteiger partial charge < -0.3 is 16.9 Å². The van der Waals surface area contributed by atoms with E-state index in [1.54, 1.807) is 12.3 Å². The van der Waals surface area contributed by atoms with Gasteiger partial charge in [-0.2, -0.15) is 10.2 Å². The Hall–Kier alpha value is -3.59. The van der Waals surface area contributed by atoms with Crippen molar-refractivity contribution in [2.24, 2.45) is 5.84 Å². The number of aromatic amines is 1. The Morgan fingerprint density at radius 1 is 1.19 bits per heavy atom. The standard InChI is InChI=1S/C17H19N9/c18-15-6-11(16(19)17(22-15)23-20)5-10-7-21-26(8-10)9-14-12-3-1-2-4-13(12)24-25-14/h1-4,6-8H,5,9,19-20H2,(H,24,25)(H3,18,22,23). The minimum absolute atomic E-state index is 0.359. The normalized spacial score (nSPS) is 11.1. The smallest absolute Gasteiger partial charge is 0.165 e. The van der Waals surface area contributed by atoms with Crippen molar-refractivity contribution in [2.75, 3.05) is 16.9 Å². The number of nitrogens with one attached hydrogen (secondary N) is 2. The van der Waals surface area contributed by atoms with E-state index in [1.807, 2.05) is 35.1 Å². The highest BCUT2D eigenvalue weighted by molar-refractivity contribution is 5.81. The molecule has 3 aromatic heterocycles. The third-order valence-corrected chi connectivity index (χ3v) is 4.24. The van der Waals surface area contributed by atoms with Crippen molar-refractivity contribution in [3.63, 3.8) is 0 Å². The van der Waals surface area contributed by atoms with Gasteiger partial charge in [0.1, 0.15) is 5.82 Å². The summed E-state index contributed by atoms with van der Waals surface area (Å²) in [6, 6.07) is 9.76. The number of para-hydroxylation sites is 1. The van der Waals surface area contributed by atoms with E-state index in [2.05, 4.69) is 25.7 Å². The van der Waals surface area contributed by atoms with Gasteiger partial charge in [-0.25, -0.2) is 10.8 Å². The molecule has 0 aliphatic heterocycles. The molecule has 0 aliphatic rings. The van der Waals surface area contributed by atoms with Gasteiger partial charge in [-0.1, -0.05) is 18.2 Å². The maximum absolute atomic E-state index is 6.09. The summed E-state index contributed by atoms with van der Waals surface area (Å²) in [7, 11) is 0. The molecule has 0 aliphatic carbocycles. The zero-order valence-electron chi connectivity index (χ0n) is 14.0. The molecule has 3 heterocycles. The first-order chi connectivity index (χ1) is 12.6. The molecule has 9 nitrogen and oxygen atoms in total. The molecule has 0 atom stereocenters. The number of pyridine rings is 1. The number of rotatable bonds is 5. The van der Waals surface area contributed by atoms with Crippen LogP contribution in [0.15, 0.2) is 42.7 Å². The third kappa shape index (κ3) is 2.91. The summed E-state index contributed by atoms with van der Waals surface area (Å²) in [4.78, 5) is 4.06. The summed E-state index contributed by atoms with van der Waals surface area (Å²) in [5.74, 6) is 6.16. The Labute approximate surface area is 149 Å². The van der Waals surface area contributed by atoms with E-state index in [0.717, 1.165) is 27.7 Å². The highest BCUT2D eigenvalue weighted by Gasteiger charge is 2.11. The number of H-pyrrole nitrogens is 1. The summed E-state index contributed by atoms with van der Waals surface area (Å²) in [5, 5.41) is 12.9. The lowest BCUT2D eigenvalue weighted by Crippen LogP contribution is -2.13. The fourth-order valence-corrected chi connectivity index (χ4v) is 2.98. The first kappa shape index (κ1) is 15.9. The van der Waals surface area contributed by atoms with Crippen LogP contribution in [0.3, 0.4) is 0 Å². The van der Waals surface area contributed by atoms with E-state index >= 15 is 0 Å². The molecule has 0 bridgehead atoms. The predicted molar refractivity (Wildman–Crippen MR) is 101 cm³/mol. The van der Waals surface area contributed by atoms with Gasteiger partial charge in [-0.3, -0.25) is 9.78 Å². The van der Waals surface area contributed by atoms with Gasteiger partial charge >= 0.3 is 0 Å². The number of fused-ring (bicyclic) bond motifs is 1. The van der Waals surface area contributed by atoms with Crippen molar-refractivity contribution in [3.8, 4) is 0 Å².